The minimum absolute atomic E-state index is 0.0707. The van der Waals surface area contributed by atoms with Crippen LogP contribution in [0.5, 0.6) is 0 Å². The summed E-state index contributed by atoms with van der Waals surface area (Å²) in [6.45, 7) is 5.89. The van der Waals surface area contributed by atoms with Crippen molar-refractivity contribution >= 4 is 15.9 Å². The zero-order chi connectivity index (χ0) is 14.0. The first-order valence-corrected chi connectivity index (χ1v) is 7.98. The van der Waals surface area contributed by atoms with Gasteiger partial charge in [-0.2, -0.15) is 0 Å². The van der Waals surface area contributed by atoms with Crippen LogP contribution in [0.15, 0.2) is 12.2 Å². The van der Waals surface area contributed by atoms with E-state index in [1.165, 1.54) is 6.26 Å². The number of carbonyl (C=O) groups excluding carboxylic acids is 1. The number of nitrogens with zero attached hydrogens (tertiary/aromatic N) is 1. The van der Waals surface area contributed by atoms with Gasteiger partial charge < -0.3 is 4.74 Å². The molecule has 0 aromatic rings. The van der Waals surface area contributed by atoms with E-state index in [2.05, 4.69) is 0 Å². The van der Waals surface area contributed by atoms with Gasteiger partial charge in [0.2, 0.25) is 0 Å². The summed E-state index contributed by atoms with van der Waals surface area (Å²) in [6.07, 6.45) is 4.93. The van der Waals surface area contributed by atoms with Crippen LogP contribution in [-0.2, 0) is 14.6 Å². The quantitative estimate of drug-likeness (QED) is 0.734. The van der Waals surface area contributed by atoms with Gasteiger partial charge in [-0.05, 0) is 27.2 Å². The number of amides is 1. The van der Waals surface area contributed by atoms with Crippen molar-refractivity contribution in [2.24, 2.45) is 0 Å². The molecule has 0 bridgehead atoms. The topological polar surface area (TPSA) is 63.7 Å². The number of hydrogen-bond donors (Lipinski definition) is 0. The Morgan fingerprint density at radius 1 is 1.44 bits per heavy atom. The van der Waals surface area contributed by atoms with Gasteiger partial charge in [-0.15, -0.1) is 0 Å². The van der Waals surface area contributed by atoms with Crippen molar-refractivity contribution in [2.45, 2.75) is 38.8 Å². The summed E-state index contributed by atoms with van der Waals surface area (Å²) in [5.74, 6) is 0.0707. The highest BCUT2D eigenvalue weighted by molar-refractivity contribution is 7.90. The van der Waals surface area contributed by atoms with Gasteiger partial charge in [0.15, 0.2) is 0 Å². The van der Waals surface area contributed by atoms with Crippen molar-refractivity contribution in [1.29, 1.82) is 0 Å². The highest BCUT2D eigenvalue weighted by atomic mass is 32.2. The Morgan fingerprint density at radius 2 is 2.06 bits per heavy atom. The summed E-state index contributed by atoms with van der Waals surface area (Å²) < 4.78 is 27.6. The lowest BCUT2D eigenvalue weighted by molar-refractivity contribution is 0.0240. The molecule has 0 saturated carbocycles. The molecule has 0 fully saturated rings. The molecule has 1 atom stereocenters. The molecular formula is C12H21NO4S. The van der Waals surface area contributed by atoms with Gasteiger partial charge in [0.05, 0.1) is 11.8 Å². The second-order valence-corrected chi connectivity index (χ2v) is 7.81. The van der Waals surface area contributed by atoms with Gasteiger partial charge in [0.1, 0.15) is 15.4 Å². The first-order chi connectivity index (χ1) is 8.08. The molecular weight excluding hydrogens is 254 g/mol. The lowest BCUT2D eigenvalue weighted by atomic mass is 10.2. The lowest BCUT2D eigenvalue weighted by Crippen LogP contribution is -2.40. The maximum Gasteiger partial charge on any atom is 0.411 e. The summed E-state index contributed by atoms with van der Waals surface area (Å²) in [7, 11) is -3.01. The van der Waals surface area contributed by atoms with Gasteiger partial charge in [-0.25, -0.2) is 13.2 Å². The van der Waals surface area contributed by atoms with E-state index in [0.29, 0.717) is 13.0 Å². The fraction of sp³-hybridized carbons (Fsp3) is 0.750. The van der Waals surface area contributed by atoms with E-state index in [0.717, 1.165) is 0 Å². The highest BCUT2D eigenvalue weighted by Crippen LogP contribution is 2.18. The average Bonchev–Trinajstić information content (AvgIpc) is 2.58. The van der Waals surface area contributed by atoms with Crippen molar-refractivity contribution in [3.05, 3.63) is 12.2 Å². The number of hydrogen-bond acceptors (Lipinski definition) is 4. The van der Waals surface area contributed by atoms with E-state index in [1.54, 1.807) is 25.7 Å². The van der Waals surface area contributed by atoms with Crippen LogP contribution in [0, 0.1) is 0 Å². The lowest BCUT2D eigenvalue weighted by Gasteiger charge is -2.28. The average molecular weight is 275 g/mol. The van der Waals surface area contributed by atoms with E-state index in [4.69, 9.17) is 4.74 Å². The Bertz CT molecular complexity index is 433. The Morgan fingerprint density at radius 3 is 2.56 bits per heavy atom. The SMILES string of the molecule is CC(C)(C)OC(=O)N1CC=CC1CCS(C)(=O)=O. The molecule has 1 rings (SSSR count). The number of rotatable bonds is 3. The highest BCUT2D eigenvalue weighted by Gasteiger charge is 2.29. The maximum absolute atomic E-state index is 11.9. The minimum Gasteiger partial charge on any atom is -0.444 e. The Kier molecular flexibility index (Phi) is 4.42. The molecule has 0 radical (unpaired) electrons. The molecule has 0 N–H and O–H groups in total. The molecule has 5 nitrogen and oxygen atoms in total. The summed E-state index contributed by atoms with van der Waals surface area (Å²) in [4.78, 5) is 13.5. The maximum atomic E-state index is 11.9. The molecule has 1 unspecified atom stereocenters. The Hall–Kier alpha value is -1.04. The van der Waals surface area contributed by atoms with Crippen LogP contribution in [0.2, 0.25) is 0 Å². The number of carbonyl (C=O) groups is 1. The van der Waals surface area contributed by atoms with E-state index in [9.17, 15) is 13.2 Å². The van der Waals surface area contributed by atoms with Crippen molar-refractivity contribution in [2.75, 3.05) is 18.6 Å². The molecule has 0 aliphatic carbocycles. The fourth-order valence-electron chi connectivity index (χ4n) is 1.69. The van der Waals surface area contributed by atoms with Gasteiger partial charge >= 0.3 is 6.09 Å². The van der Waals surface area contributed by atoms with Gasteiger partial charge in [-0.3, -0.25) is 4.90 Å². The molecule has 1 heterocycles. The molecule has 0 spiro atoms. The molecule has 0 aromatic heterocycles. The molecule has 1 amide bonds. The van der Waals surface area contributed by atoms with Crippen LogP contribution in [0.3, 0.4) is 0 Å². The summed E-state index contributed by atoms with van der Waals surface area (Å²) >= 11 is 0. The number of sulfone groups is 1. The monoisotopic (exact) mass is 275 g/mol. The second-order valence-electron chi connectivity index (χ2n) is 5.55. The van der Waals surface area contributed by atoms with Crippen molar-refractivity contribution in [3.8, 4) is 0 Å². The molecule has 0 aromatic carbocycles. The minimum atomic E-state index is -3.01. The van der Waals surface area contributed by atoms with E-state index in [1.807, 2.05) is 12.2 Å². The molecule has 6 heteroatoms. The van der Waals surface area contributed by atoms with Crippen LogP contribution < -0.4 is 0 Å². The predicted octanol–water partition coefficient (Wildman–Crippen LogP) is 1.60. The van der Waals surface area contributed by atoms with Gasteiger partial charge in [0, 0.05) is 12.8 Å². The largest absolute Gasteiger partial charge is 0.444 e. The zero-order valence-corrected chi connectivity index (χ0v) is 12.2. The third kappa shape index (κ3) is 5.08. The summed E-state index contributed by atoms with van der Waals surface area (Å²) in [5.41, 5.74) is -0.541. The summed E-state index contributed by atoms with van der Waals surface area (Å²) in [5, 5.41) is 0. The van der Waals surface area contributed by atoms with Crippen LogP contribution in [0.1, 0.15) is 27.2 Å². The third-order valence-corrected chi connectivity index (χ3v) is 3.45. The van der Waals surface area contributed by atoms with Crippen LogP contribution in [0.25, 0.3) is 0 Å². The van der Waals surface area contributed by atoms with Crippen LogP contribution in [0.4, 0.5) is 4.79 Å². The fourth-order valence-corrected chi connectivity index (χ4v) is 2.36. The molecule has 104 valence electrons. The zero-order valence-electron chi connectivity index (χ0n) is 11.3. The molecule has 1 aliphatic heterocycles. The smallest absolute Gasteiger partial charge is 0.411 e. The van der Waals surface area contributed by atoms with Crippen LogP contribution in [-0.4, -0.2) is 49.6 Å². The van der Waals surface area contributed by atoms with Crippen molar-refractivity contribution in [1.82, 2.24) is 4.90 Å². The van der Waals surface area contributed by atoms with E-state index >= 15 is 0 Å². The second kappa shape index (κ2) is 5.30. The first-order valence-electron chi connectivity index (χ1n) is 5.92. The molecule has 1 aliphatic rings. The Labute approximate surface area is 109 Å². The van der Waals surface area contributed by atoms with E-state index < -0.39 is 21.5 Å². The van der Waals surface area contributed by atoms with Crippen LogP contribution >= 0.6 is 0 Å². The first kappa shape index (κ1) is 15.0. The third-order valence-electron chi connectivity index (χ3n) is 2.47. The van der Waals surface area contributed by atoms with Gasteiger partial charge in [-0.1, -0.05) is 12.2 Å². The predicted molar refractivity (Wildman–Crippen MR) is 70.2 cm³/mol. The molecule has 0 saturated heterocycles. The van der Waals surface area contributed by atoms with E-state index in [-0.39, 0.29) is 11.8 Å². The summed E-state index contributed by atoms with van der Waals surface area (Å²) in [6, 6.07) is -0.186. The standard InChI is InChI=1S/C12H21NO4S/c1-12(2,3)17-11(14)13-8-5-6-10(13)7-9-18(4,15)16/h5-6,10H,7-9H2,1-4H3. The number of ether oxygens (including phenoxy) is 1. The van der Waals surface area contributed by atoms with Crippen molar-refractivity contribution in [3.63, 3.8) is 0 Å². The normalized spacial score (nSPS) is 20.2. The van der Waals surface area contributed by atoms with Gasteiger partial charge in [0.25, 0.3) is 0 Å². The van der Waals surface area contributed by atoms with Crippen molar-refractivity contribution < 1.29 is 17.9 Å². The Balaban J connectivity index is 2.59. The molecule has 18 heavy (non-hydrogen) atoms.